The zero-order valence-electron chi connectivity index (χ0n) is 13.7. The first-order chi connectivity index (χ1) is 13.0. The van der Waals surface area contributed by atoms with Crippen LogP contribution in [-0.4, -0.2) is 14.5 Å². The van der Waals surface area contributed by atoms with Crippen LogP contribution < -0.4 is 10.3 Å². The normalized spacial score (nSPS) is 10.4. The van der Waals surface area contributed by atoms with Gasteiger partial charge < -0.3 is 9.30 Å². The fourth-order valence-electron chi connectivity index (χ4n) is 2.26. The van der Waals surface area contributed by atoms with E-state index < -0.39 is 10.5 Å². The number of thiazole rings is 1. The number of halogens is 1. The number of nitro groups is 1. The van der Waals surface area contributed by atoms with Crippen molar-refractivity contribution >= 4 is 17.0 Å². The van der Waals surface area contributed by atoms with Crippen molar-refractivity contribution < 1.29 is 14.1 Å². The first-order valence-electron chi connectivity index (χ1n) is 7.57. The standard InChI is InChI=1S/C17H11FN4O4S/c18-12-1-3-15(4-2-12)26-9-16-20-13(10-27-16)7-21-8-14(22(24)25)5-11(6-19)17(21)23/h1-5,8,10H,7,9H2. The molecule has 0 aliphatic carbocycles. The van der Waals surface area contributed by atoms with Crippen LogP contribution in [0.25, 0.3) is 0 Å². The summed E-state index contributed by atoms with van der Waals surface area (Å²) in [5.41, 5.74) is -0.773. The van der Waals surface area contributed by atoms with Gasteiger partial charge in [-0.25, -0.2) is 9.37 Å². The third-order valence-electron chi connectivity index (χ3n) is 3.51. The minimum absolute atomic E-state index is 0.0117. The van der Waals surface area contributed by atoms with Crippen molar-refractivity contribution in [2.24, 2.45) is 0 Å². The monoisotopic (exact) mass is 386 g/mol. The van der Waals surface area contributed by atoms with Crippen molar-refractivity contribution in [2.45, 2.75) is 13.2 Å². The Morgan fingerprint density at radius 3 is 2.78 bits per heavy atom. The molecule has 0 fully saturated rings. The molecule has 3 aromatic rings. The van der Waals surface area contributed by atoms with Crippen molar-refractivity contribution in [2.75, 3.05) is 0 Å². The SMILES string of the molecule is N#Cc1cc([N+](=O)[O-])cn(Cc2csc(COc3ccc(F)cc3)n2)c1=O. The molecule has 0 spiro atoms. The average molecular weight is 386 g/mol. The summed E-state index contributed by atoms with van der Waals surface area (Å²) in [7, 11) is 0. The smallest absolute Gasteiger partial charge is 0.287 e. The fourth-order valence-corrected chi connectivity index (χ4v) is 2.95. The van der Waals surface area contributed by atoms with Gasteiger partial charge in [-0.3, -0.25) is 14.9 Å². The third kappa shape index (κ3) is 4.34. The molecule has 2 heterocycles. The van der Waals surface area contributed by atoms with Crippen molar-refractivity contribution in [1.82, 2.24) is 9.55 Å². The maximum Gasteiger partial charge on any atom is 0.287 e. The summed E-state index contributed by atoms with van der Waals surface area (Å²) < 4.78 is 19.5. The molecular formula is C17H11FN4O4S. The highest BCUT2D eigenvalue weighted by atomic mass is 32.1. The number of aromatic nitrogens is 2. The molecule has 8 nitrogen and oxygen atoms in total. The van der Waals surface area contributed by atoms with Crippen LogP contribution in [0, 0.1) is 27.3 Å². The molecule has 10 heteroatoms. The van der Waals surface area contributed by atoms with Crippen molar-refractivity contribution in [3.05, 3.63) is 84.5 Å². The molecule has 0 radical (unpaired) electrons. The zero-order chi connectivity index (χ0) is 19.4. The second-order valence-electron chi connectivity index (χ2n) is 5.39. The molecule has 136 valence electrons. The second kappa shape index (κ2) is 7.76. The Kier molecular flexibility index (Phi) is 5.23. The summed E-state index contributed by atoms with van der Waals surface area (Å²) in [6.45, 7) is 0.145. The Morgan fingerprint density at radius 1 is 1.37 bits per heavy atom. The molecular weight excluding hydrogens is 375 g/mol. The molecule has 0 saturated heterocycles. The number of hydrogen-bond acceptors (Lipinski definition) is 7. The van der Waals surface area contributed by atoms with Crippen LogP contribution >= 0.6 is 11.3 Å². The summed E-state index contributed by atoms with van der Waals surface area (Å²) in [4.78, 5) is 26.8. The molecule has 1 aromatic carbocycles. The minimum atomic E-state index is -0.667. The predicted octanol–water partition coefficient (Wildman–Crippen LogP) is 2.85. The Hall–Kier alpha value is -3.58. The number of hydrogen-bond donors (Lipinski definition) is 0. The van der Waals surface area contributed by atoms with Crippen molar-refractivity contribution in [3.63, 3.8) is 0 Å². The Bertz CT molecular complexity index is 1090. The predicted molar refractivity (Wildman–Crippen MR) is 94.0 cm³/mol. The maximum atomic E-state index is 12.9. The molecule has 0 bridgehead atoms. The van der Waals surface area contributed by atoms with Crippen molar-refractivity contribution in [3.8, 4) is 11.8 Å². The number of nitriles is 1. The Labute approximate surface area is 155 Å². The van der Waals surface area contributed by atoms with Gasteiger partial charge in [0.05, 0.1) is 23.4 Å². The molecule has 0 saturated carbocycles. The lowest BCUT2D eigenvalue weighted by Crippen LogP contribution is -2.23. The van der Waals surface area contributed by atoms with E-state index in [1.54, 1.807) is 11.4 Å². The van der Waals surface area contributed by atoms with Gasteiger partial charge in [-0.15, -0.1) is 11.3 Å². The zero-order valence-corrected chi connectivity index (χ0v) is 14.5. The van der Waals surface area contributed by atoms with Gasteiger partial charge in [-0.2, -0.15) is 5.26 Å². The fraction of sp³-hybridized carbons (Fsp3) is 0.118. The topological polar surface area (TPSA) is 111 Å². The maximum absolute atomic E-state index is 12.9. The van der Waals surface area contributed by atoms with E-state index in [1.165, 1.54) is 35.6 Å². The van der Waals surface area contributed by atoms with Gasteiger partial charge in [0.1, 0.15) is 34.8 Å². The van der Waals surface area contributed by atoms with E-state index in [0.29, 0.717) is 16.5 Å². The van der Waals surface area contributed by atoms with Gasteiger partial charge in [0.25, 0.3) is 11.2 Å². The summed E-state index contributed by atoms with van der Waals surface area (Å²) in [5.74, 6) is 0.125. The van der Waals surface area contributed by atoms with Crippen molar-refractivity contribution in [1.29, 1.82) is 5.26 Å². The summed E-state index contributed by atoms with van der Waals surface area (Å²) in [6.07, 6.45) is 1.08. The Morgan fingerprint density at radius 2 is 2.11 bits per heavy atom. The van der Waals surface area contributed by atoms with Gasteiger partial charge in [0.15, 0.2) is 0 Å². The molecule has 0 aliphatic heterocycles. The van der Waals surface area contributed by atoms with E-state index in [4.69, 9.17) is 10.00 Å². The van der Waals surface area contributed by atoms with E-state index in [-0.39, 0.29) is 30.2 Å². The summed E-state index contributed by atoms with van der Waals surface area (Å²) in [6, 6.07) is 8.16. The largest absolute Gasteiger partial charge is 0.486 e. The van der Waals surface area contributed by atoms with Gasteiger partial charge in [0, 0.05) is 11.4 Å². The van der Waals surface area contributed by atoms with E-state index in [9.17, 15) is 19.3 Å². The van der Waals surface area contributed by atoms with Crippen LogP contribution in [0.15, 0.2) is 46.7 Å². The molecule has 2 aromatic heterocycles. The second-order valence-corrected chi connectivity index (χ2v) is 6.33. The van der Waals surface area contributed by atoms with E-state index in [1.807, 2.05) is 0 Å². The van der Waals surface area contributed by atoms with Crippen LogP contribution in [0.3, 0.4) is 0 Å². The van der Waals surface area contributed by atoms with Crippen LogP contribution in [-0.2, 0) is 13.2 Å². The van der Waals surface area contributed by atoms with E-state index in [2.05, 4.69) is 4.98 Å². The van der Waals surface area contributed by atoms with Gasteiger partial charge in [-0.1, -0.05) is 0 Å². The summed E-state index contributed by atoms with van der Waals surface area (Å²) in [5, 5.41) is 22.2. The van der Waals surface area contributed by atoms with Gasteiger partial charge in [-0.05, 0) is 24.3 Å². The van der Waals surface area contributed by atoms with Crippen LogP contribution in [0.4, 0.5) is 10.1 Å². The molecule has 0 amide bonds. The highest BCUT2D eigenvalue weighted by molar-refractivity contribution is 7.09. The quantitative estimate of drug-likeness (QED) is 0.476. The lowest BCUT2D eigenvalue weighted by atomic mass is 10.2. The number of ether oxygens (including phenoxy) is 1. The molecule has 3 rings (SSSR count). The van der Waals surface area contributed by atoms with Crippen LogP contribution in [0.1, 0.15) is 16.3 Å². The van der Waals surface area contributed by atoms with Crippen LogP contribution in [0.2, 0.25) is 0 Å². The average Bonchev–Trinajstić information content (AvgIpc) is 3.10. The number of pyridine rings is 1. The van der Waals surface area contributed by atoms with Crippen LogP contribution in [0.5, 0.6) is 5.75 Å². The third-order valence-corrected chi connectivity index (χ3v) is 4.38. The molecule has 0 unspecified atom stereocenters. The van der Waals surface area contributed by atoms with Gasteiger partial charge >= 0.3 is 0 Å². The lowest BCUT2D eigenvalue weighted by molar-refractivity contribution is -0.385. The molecule has 0 atom stereocenters. The summed E-state index contributed by atoms with van der Waals surface area (Å²) >= 11 is 1.29. The first-order valence-corrected chi connectivity index (χ1v) is 8.45. The number of benzene rings is 1. The molecule has 0 N–H and O–H groups in total. The van der Waals surface area contributed by atoms with E-state index >= 15 is 0 Å². The molecule has 0 aliphatic rings. The Balaban J connectivity index is 1.75. The first kappa shape index (κ1) is 18.2. The minimum Gasteiger partial charge on any atom is -0.486 e. The number of rotatable bonds is 6. The lowest BCUT2D eigenvalue weighted by Gasteiger charge is -2.04. The van der Waals surface area contributed by atoms with E-state index in [0.717, 1.165) is 16.8 Å². The molecule has 27 heavy (non-hydrogen) atoms. The highest BCUT2D eigenvalue weighted by Crippen LogP contribution is 2.17. The highest BCUT2D eigenvalue weighted by Gasteiger charge is 2.15. The van der Waals surface area contributed by atoms with Gasteiger partial charge in [0.2, 0.25) is 0 Å². The number of nitrogens with zero attached hydrogens (tertiary/aromatic N) is 4.